The van der Waals surface area contributed by atoms with Gasteiger partial charge in [0.05, 0.1) is 4.99 Å². The summed E-state index contributed by atoms with van der Waals surface area (Å²) in [6.07, 6.45) is 9.45. The molecule has 2 N–H and O–H groups in total. The van der Waals surface area contributed by atoms with Crippen LogP contribution in [0.2, 0.25) is 0 Å². The fourth-order valence-electron chi connectivity index (χ4n) is 2.64. The molecule has 0 aromatic rings. The summed E-state index contributed by atoms with van der Waals surface area (Å²) in [5, 5.41) is 0. The predicted molar refractivity (Wildman–Crippen MR) is 68.0 cm³/mol. The molecule has 0 unspecified atom stereocenters. The first-order valence-electron chi connectivity index (χ1n) is 6.28. The Morgan fingerprint density at radius 3 is 2.40 bits per heavy atom. The lowest BCUT2D eigenvalue weighted by Crippen LogP contribution is -2.33. The molecule has 2 rings (SSSR count). The minimum absolute atomic E-state index is 0.673. The van der Waals surface area contributed by atoms with E-state index < -0.39 is 0 Å². The zero-order valence-electron chi connectivity index (χ0n) is 9.45. The van der Waals surface area contributed by atoms with Crippen LogP contribution in [0.1, 0.15) is 44.9 Å². The quantitative estimate of drug-likeness (QED) is 0.705. The van der Waals surface area contributed by atoms with E-state index in [2.05, 4.69) is 4.90 Å². The second-order valence-corrected chi connectivity index (χ2v) is 5.62. The van der Waals surface area contributed by atoms with Crippen LogP contribution in [0.25, 0.3) is 0 Å². The second-order valence-electron chi connectivity index (χ2n) is 5.09. The van der Waals surface area contributed by atoms with Crippen LogP contribution < -0.4 is 5.73 Å². The number of hydrogen-bond acceptors (Lipinski definition) is 2. The van der Waals surface area contributed by atoms with E-state index in [4.69, 9.17) is 18.0 Å². The van der Waals surface area contributed by atoms with Gasteiger partial charge < -0.3 is 5.73 Å². The molecule has 0 aromatic carbocycles. The predicted octanol–water partition coefficient (Wildman–Crippen LogP) is 2.32. The maximum absolute atomic E-state index is 5.57. The van der Waals surface area contributed by atoms with Gasteiger partial charge in [0, 0.05) is 25.6 Å². The molecule has 2 nitrogen and oxygen atoms in total. The van der Waals surface area contributed by atoms with Crippen molar-refractivity contribution in [3.8, 4) is 0 Å². The standard InChI is InChI=1S/C12H22N2S/c13-12(15)7-8-14(11-5-6-11)9-10-3-1-2-4-10/h10-11H,1-9H2,(H2,13,15). The first-order valence-corrected chi connectivity index (χ1v) is 6.69. The van der Waals surface area contributed by atoms with E-state index in [9.17, 15) is 0 Å². The van der Waals surface area contributed by atoms with Crippen LogP contribution in [0.5, 0.6) is 0 Å². The Morgan fingerprint density at radius 2 is 1.87 bits per heavy atom. The van der Waals surface area contributed by atoms with E-state index in [-0.39, 0.29) is 0 Å². The van der Waals surface area contributed by atoms with Crippen LogP contribution in [0.3, 0.4) is 0 Å². The Hall–Kier alpha value is -0.150. The van der Waals surface area contributed by atoms with Crippen LogP contribution in [-0.2, 0) is 0 Å². The maximum atomic E-state index is 5.57. The highest BCUT2D eigenvalue weighted by Crippen LogP contribution is 2.31. The monoisotopic (exact) mass is 226 g/mol. The van der Waals surface area contributed by atoms with Crippen molar-refractivity contribution in [3.63, 3.8) is 0 Å². The van der Waals surface area contributed by atoms with E-state index in [0.29, 0.717) is 4.99 Å². The Kier molecular flexibility index (Phi) is 3.98. The highest BCUT2D eigenvalue weighted by atomic mass is 32.1. The van der Waals surface area contributed by atoms with Gasteiger partial charge in [-0.15, -0.1) is 0 Å². The van der Waals surface area contributed by atoms with Crippen molar-refractivity contribution in [1.29, 1.82) is 0 Å². The van der Waals surface area contributed by atoms with Crippen molar-refractivity contribution in [2.45, 2.75) is 51.0 Å². The first kappa shape index (κ1) is 11.3. The summed E-state index contributed by atoms with van der Waals surface area (Å²) in [7, 11) is 0. The average molecular weight is 226 g/mol. The lowest BCUT2D eigenvalue weighted by molar-refractivity contribution is 0.228. The lowest BCUT2D eigenvalue weighted by atomic mass is 10.1. The Balaban J connectivity index is 1.74. The Bertz CT molecular complexity index is 220. The molecule has 2 saturated carbocycles. The largest absolute Gasteiger partial charge is 0.393 e. The molecule has 2 aliphatic rings. The van der Waals surface area contributed by atoms with E-state index >= 15 is 0 Å². The molecule has 0 radical (unpaired) electrons. The molecule has 2 aliphatic carbocycles. The number of thiocarbonyl (C=S) groups is 1. The molecule has 0 atom stereocenters. The minimum atomic E-state index is 0.673. The normalized spacial score (nSPS) is 22.5. The van der Waals surface area contributed by atoms with Gasteiger partial charge in [-0.25, -0.2) is 0 Å². The third-order valence-electron chi connectivity index (χ3n) is 3.68. The van der Waals surface area contributed by atoms with Gasteiger partial charge in [-0.1, -0.05) is 25.1 Å². The molecule has 3 heteroatoms. The molecule has 86 valence electrons. The molecule has 0 aliphatic heterocycles. The van der Waals surface area contributed by atoms with Crippen molar-refractivity contribution < 1.29 is 0 Å². The summed E-state index contributed by atoms with van der Waals surface area (Å²) in [6.45, 7) is 2.39. The smallest absolute Gasteiger partial charge is 0.0740 e. The molecule has 0 bridgehead atoms. The Labute approximate surface area is 98.2 Å². The van der Waals surface area contributed by atoms with Crippen LogP contribution in [0, 0.1) is 5.92 Å². The van der Waals surface area contributed by atoms with Crippen molar-refractivity contribution in [1.82, 2.24) is 4.90 Å². The molecule has 2 fully saturated rings. The van der Waals surface area contributed by atoms with Crippen LogP contribution in [0.4, 0.5) is 0 Å². The summed E-state index contributed by atoms with van der Waals surface area (Å²) < 4.78 is 0. The molecular weight excluding hydrogens is 204 g/mol. The molecule has 0 spiro atoms. The summed E-state index contributed by atoms with van der Waals surface area (Å²) in [5.41, 5.74) is 5.57. The van der Waals surface area contributed by atoms with Gasteiger partial charge in [0.2, 0.25) is 0 Å². The average Bonchev–Trinajstić information content (AvgIpc) is 2.91. The van der Waals surface area contributed by atoms with Crippen molar-refractivity contribution in [3.05, 3.63) is 0 Å². The first-order chi connectivity index (χ1) is 7.25. The topological polar surface area (TPSA) is 29.3 Å². The van der Waals surface area contributed by atoms with Crippen LogP contribution in [0.15, 0.2) is 0 Å². The zero-order valence-corrected chi connectivity index (χ0v) is 10.3. The van der Waals surface area contributed by atoms with E-state index in [1.165, 1.54) is 45.1 Å². The van der Waals surface area contributed by atoms with E-state index in [1.807, 2.05) is 0 Å². The van der Waals surface area contributed by atoms with Gasteiger partial charge >= 0.3 is 0 Å². The highest BCUT2D eigenvalue weighted by molar-refractivity contribution is 7.80. The third-order valence-corrected chi connectivity index (χ3v) is 3.88. The number of hydrogen-bond donors (Lipinski definition) is 1. The zero-order chi connectivity index (χ0) is 10.7. The summed E-state index contributed by atoms with van der Waals surface area (Å²) in [6, 6.07) is 0.861. The van der Waals surface area contributed by atoms with Gasteiger partial charge in [-0.05, 0) is 31.6 Å². The maximum Gasteiger partial charge on any atom is 0.0740 e. The molecule has 15 heavy (non-hydrogen) atoms. The van der Waals surface area contributed by atoms with Crippen molar-refractivity contribution in [2.75, 3.05) is 13.1 Å². The molecule has 0 heterocycles. The molecular formula is C12H22N2S. The van der Waals surface area contributed by atoms with E-state index in [0.717, 1.165) is 24.9 Å². The second kappa shape index (κ2) is 5.26. The van der Waals surface area contributed by atoms with Gasteiger partial charge in [-0.3, -0.25) is 4.90 Å². The van der Waals surface area contributed by atoms with E-state index in [1.54, 1.807) is 0 Å². The number of rotatable bonds is 6. The highest BCUT2D eigenvalue weighted by Gasteiger charge is 2.30. The number of nitrogens with two attached hydrogens (primary N) is 1. The molecule has 0 amide bonds. The van der Waals surface area contributed by atoms with Gasteiger partial charge in [0.15, 0.2) is 0 Å². The van der Waals surface area contributed by atoms with Gasteiger partial charge in [-0.2, -0.15) is 0 Å². The van der Waals surface area contributed by atoms with Crippen LogP contribution >= 0.6 is 12.2 Å². The fraction of sp³-hybridized carbons (Fsp3) is 0.917. The Morgan fingerprint density at radius 1 is 1.20 bits per heavy atom. The molecule has 0 saturated heterocycles. The summed E-state index contributed by atoms with van der Waals surface area (Å²) >= 11 is 4.95. The minimum Gasteiger partial charge on any atom is -0.393 e. The van der Waals surface area contributed by atoms with Crippen molar-refractivity contribution >= 4 is 17.2 Å². The fourth-order valence-corrected chi connectivity index (χ4v) is 2.73. The SMILES string of the molecule is NC(=S)CCN(CC1CCCC1)C1CC1. The summed E-state index contributed by atoms with van der Waals surface area (Å²) in [4.78, 5) is 3.31. The number of nitrogens with zero attached hydrogens (tertiary/aromatic N) is 1. The van der Waals surface area contributed by atoms with Crippen LogP contribution in [-0.4, -0.2) is 29.0 Å². The van der Waals surface area contributed by atoms with Crippen molar-refractivity contribution in [2.24, 2.45) is 11.7 Å². The van der Waals surface area contributed by atoms with Gasteiger partial charge in [0.25, 0.3) is 0 Å². The third kappa shape index (κ3) is 3.72. The summed E-state index contributed by atoms with van der Waals surface area (Å²) in [5.74, 6) is 0.956. The lowest BCUT2D eigenvalue weighted by Gasteiger charge is -2.25. The van der Waals surface area contributed by atoms with Gasteiger partial charge in [0.1, 0.15) is 0 Å². The molecule has 0 aromatic heterocycles.